The van der Waals surface area contributed by atoms with E-state index < -0.39 is 0 Å². The Labute approximate surface area is 186 Å². The fourth-order valence-corrected chi connectivity index (χ4v) is 6.31. The van der Waals surface area contributed by atoms with Crippen LogP contribution < -0.4 is 5.32 Å². The second-order valence-electron chi connectivity index (χ2n) is 9.11. The number of nitrogens with one attached hydrogen (secondary N) is 2. The quantitative estimate of drug-likeness (QED) is 0.463. The van der Waals surface area contributed by atoms with E-state index in [1.54, 1.807) is 11.3 Å². The average molecular weight is 430 g/mol. The molecule has 3 aromatic rings. The van der Waals surface area contributed by atoms with Gasteiger partial charge in [0.2, 0.25) is 0 Å². The predicted molar refractivity (Wildman–Crippen MR) is 127 cm³/mol. The molecular weight excluding hydrogens is 402 g/mol. The van der Waals surface area contributed by atoms with E-state index >= 15 is 0 Å². The zero-order chi connectivity index (χ0) is 20.8. The molecule has 2 aliphatic carbocycles. The van der Waals surface area contributed by atoms with Crippen LogP contribution in [0.2, 0.25) is 0 Å². The maximum absolute atomic E-state index is 12.7. The summed E-state index contributed by atoms with van der Waals surface area (Å²) in [7, 11) is 0. The highest BCUT2D eigenvalue weighted by Gasteiger charge is 2.26. The van der Waals surface area contributed by atoms with Crippen molar-refractivity contribution in [1.29, 1.82) is 0 Å². The van der Waals surface area contributed by atoms with E-state index in [-0.39, 0.29) is 5.91 Å². The van der Waals surface area contributed by atoms with Crippen LogP contribution in [0.5, 0.6) is 0 Å². The molecule has 0 atom stereocenters. The van der Waals surface area contributed by atoms with Crippen molar-refractivity contribution in [3.63, 3.8) is 0 Å². The Morgan fingerprint density at radius 2 is 1.90 bits per heavy atom. The third kappa shape index (κ3) is 3.55. The molecule has 1 aromatic carbocycles. The number of hydrogen-bond acceptors (Lipinski definition) is 3. The highest BCUT2D eigenvalue weighted by atomic mass is 32.1. The molecule has 3 aliphatic rings. The Morgan fingerprint density at radius 1 is 1.03 bits per heavy atom. The summed E-state index contributed by atoms with van der Waals surface area (Å²) in [5.41, 5.74) is 8.49. The Bertz CT molecular complexity index is 1160. The minimum Gasteiger partial charge on any atom is -0.359 e. The van der Waals surface area contributed by atoms with E-state index in [1.165, 1.54) is 61.2 Å². The minimum absolute atomic E-state index is 0.0269. The van der Waals surface area contributed by atoms with E-state index in [2.05, 4.69) is 33.9 Å². The van der Waals surface area contributed by atoms with Crippen LogP contribution in [-0.2, 0) is 17.6 Å². The van der Waals surface area contributed by atoms with Crippen molar-refractivity contribution in [2.45, 2.75) is 63.7 Å². The zero-order valence-corrected chi connectivity index (χ0v) is 18.5. The lowest BCUT2D eigenvalue weighted by Gasteiger charge is -2.18. The van der Waals surface area contributed by atoms with Crippen LogP contribution in [0, 0.1) is 0 Å². The molecule has 158 valence electrons. The van der Waals surface area contributed by atoms with E-state index in [0.717, 1.165) is 46.6 Å². The number of amides is 1. The van der Waals surface area contributed by atoms with Crippen molar-refractivity contribution in [3.05, 3.63) is 57.2 Å². The summed E-state index contributed by atoms with van der Waals surface area (Å²) in [6.07, 6.45) is 13.3. The summed E-state index contributed by atoms with van der Waals surface area (Å²) < 4.78 is 0. The molecular formula is C26H27N3OS. The number of hydrogen-bond donors (Lipinski definition) is 2. The second kappa shape index (κ2) is 7.79. The average Bonchev–Trinajstić information content (AvgIpc) is 3.52. The van der Waals surface area contributed by atoms with Crippen LogP contribution in [0.1, 0.15) is 78.4 Å². The van der Waals surface area contributed by atoms with Crippen molar-refractivity contribution >= 4 is 34.6 Å². The van der Waals surface area contributed by atoms with Gasteiger partial charge in [-0.3, -0.25) is 4.79 Å². The van der Waals surface area contributed by atoms with Crippen LogP contribution >= 0.6 is 11.3 Å². The normalized spacial score (nSPS) is 20.0. The van der Waals surface area contributed by atoms with Gasteiger partial charge in [-0.05, 0) is 68.4 Å². The highest BCUT2D eigenvalue weighted by Crippen LogP contribution is 2.39. The minimum atomic E-state index is -0.0269. The van der Waals surface area contributed by atoms with Gasteiger partial charge in [0.15, 0.2) is 0 Å². The Kier molecular flexibility index (Phi) is 4.79. The van der Waals surface area contributed by atoms with Crippen LogP contribution in [0.4, 0.5) is 5.69 Å². The van der Waals surface area contributed by atoms with Crippen LogP contribution in [0.3, 0.4) is 0 Å². The molecule has 3 heterocycles. The maximum Gasteiger partial charge on any atom is 0.256 e. The maximum atomic E-state index is 12.7. The van der Waals surface area contributed by atoms with Crippen LogP contribution in [0.25, 0.3) is 22.9 Å². The zero-order valence-electron chi connectivity index (χ0n) is 17.7. The van der Waals surface area contributed by atoms with Gasteiger partial charge in [0, 0.05) is 39.5 Å². The first-order valence-electron chi connectivity index (χ1n) is 11.6. The first-order valence-corrected chi connectivity index (χ1v) is 12.5. The van der Waals surface area contributed by atoms with Gasteiger partial charge < -0.3 is 10.3 Å². The van der Waals surface area contributed by atoms with E-state index in [9.17, 15) is 4.79 Å². The monoisotopic (exact) mass is 429 g/mol. The number of aromatic nitrogens is 2. The third-order valence-electron chi connectivity index (χ3n) is 7.01. The van der Waals surface area contributed by atoms with Gasteiger partial charge in [-0.15, -0.1) is 11.3 Å². The van der Waals surface area contributed by atoms with Crippen molar-refractivity contribution in [1.82, 2.24) is 9.97 Å². The molecule has 2 aromatic heterocycles. The fraction of sp³-hybridized carbons (Fsp3) is 0.385. The fourth-order valence-electron chi connectivity index (χ4n) is 5.31. The third-order valence-corrected chi connectivity index (χ3v) is 8.02. The molecule has 1 amide bonds. The summed E-state index contributed by atoms with van der Waals surface area (Å²) in [4.78, 5) is 21.3. The number of H-pyrrole nitrogens is 1. The highest BCUT2D eigenvalue weighted by molar-refractivity contribution is 7.10. The van der Waals surface area contributed by atoms with Gasteiger partial charge in [0.1, 0.15) is 0 Å². The first kappa shape index (κ1) is 19.1. The number of anilines is 1. The number of carbonyl (C=O) groups excluding carboxylic acids is 1. The SMILES string of the molecule is O=C1Nc2ccc(-c3csc(C4CCCCC4)n3)cc2/C1=C/c1cc2c([nH]1)CCCC2. The molecule has 1 fully saturated rings. The van der Waals surface area contributed by atoms with Gasteiger partial charge in [0.05, 0.1) is 16.3 Å². The molecule has 6 rings (SSSR count). The molecule has 0 radical (unpaired) electrons. The molecule has 0 unspecified atom stereocenters. The summed E-state index contributed by atoms with van der Waals surface area (Å²) in [6, 6.07) is 8.44. The van der Waals surface area contributed by atoms with Gasteiger partial charge in [-0.1, -0.05) is 25.3 Å². The summed E-state index contributed by atoms with van der Waals surface area (Å²) in [6.45, 7) is 0. The van der Waals surface area contributed by atoms with E-state index in [1.807, 2.05) is 12.1 Å². The molecule has 0 bridgehead atoms. The lowest BCUT2D eigenvalue weighted by atomic mass is 9.90. The predicted octanol–water partition coefficient (Wildman–Crippen LogP) is 6.56. The van der Waals surface area contributed by atoms with Gasteiger partial charge in [0.25, 0.3) is 5.91 Å². The van der Waals surface area contributed by atoms with Gasteiger partial charge in [-0.2, -0.15) is 0 Å². The molecule has 2 N–H and O–H groups in total. The smallest absolute Gasteiger partial charge is 0.256 e. The lowest BCUT2D eigenvalue weighted by Crippen LogP contribution is -2.03. The van der Waals surface area contributed by atoms with Crippen molar-refractivity contribution in [2.75, 3.05) is 5.32 Å². The topological polar surface area (TPSA) is 57.8 Å². The number of aromatic amines is 1. The number of thiazole rings is 1. The first-order chi connectivity index (χ1) is 15.2. The van der Waals surface area contributed by atoms with Crippen molar-refractivity contribution in [2.24, 2.45) is 0 Å². The Hall–Kier alpha value is -2.66. The van der Waals surface area contributed by atoms with Crippen LogP contribution in [0.15, 0.2) is 29.6 Å². The number of fused-ring (bicyclic) bond motifs is 2. The van der Waals surface area contributed by atoms with Gasteiger partial charge >= 0.3 is 0 Å². The molecule has 4 nitrogen and oxygen atoms in total. The number of aryl methyl sites for hydroxylation is 2. The number of carbonyl (C=O) groups is 1. The lowest BCUT2D eigenvalue weighted by molar-refractivity contribution is -0.110. The molecule has 5 heteroatoms. The number of rotatable bonds is 3. The van der Waals surface area contributed by atoms with Crippen LogP contribution in [-0.4, -0.2) is 15.9 Å². The Balaban J connectivity index is 1.33. The molecule has 31 heavy (non-hydrogen) atoms. The summed E-state index contributed by atoms with van der Waals surface area (Å²) in [5.74, 6) is 0.598. The standard InChI is InChI=1S/C26H27N3OS/c30-25-21(14-19-12-17-8-4-5-9-22(17)27-19)20-13-18(10-11-23(20)28-25)24-15-31-26(29-24)16-6-2-1-3-7-16/h10-16,27H,1-9H2,(H,28,30)/b21-14-. The Morgan fingerprint density at radius 3 is 2.77 bits per heavy atom. The largest absolute Gasteiger partial charge is 0.359 e. The molecule has 1 aliphatic heterocycles. The molecule has 0 spiro atoms. The summed E-state index contributed by atoms with van der Waals surface area (Å²) >= 11 is 1.79. The van der Waals surface area contributed by atoms with E-state index in [0.29, 0.717) is 5.92 Å². The number of nitrogens with zero attached hydrogens (tertiary/aromatic N) is 1. The summed E-state index contributed by atoms with van der Waals surface area (Å²) in [5, 5.41) is 6.48. The van der Waals surface area contributed by atoms with Crippen molar-refractivity contribution in [3.8, 4) is 11.3 Å². The van der Waals surface area contributed by atoms with Gasteiger partial charge in [-0.25, -0.2) is 4.98 Å². The van der Waals surface area contributed by atoms with E-state index in [4.69, 9.17) is 4.98 Å². The molecule has 1 saturated carbocycles. The number of benzene rings is 1. The molecule has 0 saturated heterocycles. The second-order valence-corrected chi connectivity index (χ2v) is 10.0. The van der Waals surface area contributed by atoms with Crippen molar-refractivity contribution < 1.29 is 4.79 Å².